The molecule has 0 unspecified atom stereocenters. The zero-order valence-corrected chi connectivity index (χ0v) is 20.0. The molecule has 1 saturated heterocycles. The van der Waals surface area contributed by atoms with Crippen molar-refractivity contribution in [3.8, 4) is 5.75 Å². The van der Waals surface area contributed by atoms with Gasteiger partial charge in [0.05, 0.1) is 25.7 Å². The van der Waals surface area contributed by atoms with Crippen LogP contribution < -0.4 is 15.0 Å². The van der Waals surface area contributed by atoms with Crippen molar-refractivity contribution in [2.75, 3.05) is 37.4 Å². The Kier molecular flexibility index (Phi) is 7.93. The Bertz CT molecular complexity index is 1030. The summed E-state index contributed by atoms with van der Waals surface area (Å²) in [5.41, 5.74) is 1.08. The average Bonchev–Trinajstić information content (AvgIpc) is 3.49. The lowest BCUT2D eigenvalue weighted by Gasteiger charge is -2.31. The fourth-order valence-electron chi connectivity index (χ4n) is 3.95. The monoisotopic (exact) mass is 469 g/mol. The zero-order chi connectivity index (χ0) is 23.0. The molecule has 176 valence electrons. The zero-order valence-electron chi connectivity index (χ0n) is 19.2. The molecule has 8 nitrogen and oxygen atoms in total. The van der Waals surface area contributed by atoms with Crippen LogP contribution in [0.15, 0.2) is 52.2 Å². The average molecular weight is 470 g/mol. The number of para-hydroxylation sites is 1. The third-order valence-corrected chi connectivity index (χ3v) is 6.87. The molecular formula is C24H31N5O3S. The van der Waals surface area contributed by atoms with Gasteiger partial charge in [0.15, 0.2) is 5.16 Å². The van der Waals surface area contributed by atoms with Gasteiger partial charge in [-0.1, -0.05) is 36.9 Å². The highest BCUT2D eigenvalue weighted by atomic mass is 32.2. The topological polar surface area (TPSA) is 85.4 Å². The Morgan fingerprint density at radius 3 is 2.79 bits per heavy atom. The highest BCUT2D eigenvalue weighted by Gasteiger charge is 2.23. The molecule has 1 fully saturated rings. The summed E-state index contributed by atoms with van der Waals surface area (Å²) in [4.78, 5) is 14.8. The maximum atomic E-state index is 12.5. The molecule has 0 atom stereocenters. The van der Waals surface area contributed by atoms with E-state index >= 15 is 0 Å². The second-order valence-electron chi connectivity index (χ2n) is 8.32. The lowest BCUT2D eigenvalue weighted by Crippen LogP contribution is -2.35. The van der Waals surface area contributed by atoms with E-state index in [1.54, 1.807) is 13.4 Å². The number of aromatic nitrogens is 3. The van der Waals surface area contributed by atoms with Crippen molar-refractivity contribution in [2.45, 2.75) is 37.9 Å². The maximum Gasteiger partial charge on any atom is 0.230 e. The standard InChI is InChI=1S/C24H31N5O3S/c1-18-10-13-28(14-11-18)23-26-27-24(29(23)16-20-7-5-15-32-20)33-17-22(30)25-12-9-19-6-3-4-8-21(19)31-2/h3-8,15,18H,9-14,16-17H2,1-2H3,(H,25,30). The minimum atomic E-state index is -0.0317. The van der Waals surface area contributed by atoms with Crippen LogP contribution in [-0.4, -0.2) is 53.2 Å². The number of methoxy groups -OCH3 is 1. The number of carbonyl (C=O) groups excluding carboxylic acids is 1. The van der Waals surface area contributed by atoms with Gasteiger partial charge in [0.1, 0.15) is 11.5 Å². The number of piperidine rings is 1. The molecule has 3 heterocycles. The van der Waals surface area contributed by atoms with Crippen molar-refractivity contribution in [1.29, 1.82) is 0 Å². The molecule has 1 aliphatic rings. The molecule has 1 amide bonds. The molecule has 0 bridgehead atoms. The minimum absolute atomic E-state index is 0.0317. The van der Waals surface area contributed by atoms with Gasteiger partial charge in [0.25, 0.3) is 0 Å². The van der Waals surface area contributed by atoms with Gasteiger partial charge in [-0.3, -0.25) is 9.36 Å². The van der Waals surface area contributed by atoms with E-state index in [1.807, 2.05) is 36.4 Å². The first-order chi connectivity index (χ1) is 16.1. The molecule has 1 aliphatic heterocycles. The number of benzene rings is 1. The second-order valence-corrected chi connectivity index (χ2v) is 9.26. The smallest absolute Gasteiger partial charge is 0.230 e. The molecule has 0 radical (unpaired) electrons. The highest BCUT2D eigenvalue weighted by molar-refractivity contribution is 7.99. The van der Waals surface area contributed by atoms with E-state index in [-0.39, 0.29) is 11.7 Å². The third-order valence-electron chi connectivity index (χ3n) is 5.90. The molecule has 33 heavy (non-hydrogen) atoms. The number of nitrogens with zero attached hydrogens (tertiary/aromatic N) is 4. The fraction of sp³-hybridized carbons (Fsp3) is 0.458. The highest BCUT2D eigenvalue weighted by Crippen LogP contribution is 2.27. The summed E-state index contributed by atoms with van der Waals surface area (Å²) in [5.74, 6) is 3.50. The molecule has 3 aromatic rings. The number of nitrogens with one attached hydrogen (secondary N) is 1. The van der Waals surface area contributed by atoms with Gasteiger partial charge in [0.2, 0.25) is 11.9 Å². The molecule has 0 saturated carbocycles. The SMILES string of the molecule is COc1ccccc1CCNC(=O)CSc1nnc(N2CCC(C)CC2)n1Cc1ccco1. The van der Waals surface area contributed by atoms with Gasteiger partial charge >= 0.3 is 0 Å². The van der Waals surface area contributed by atoms with Crippen LogP contribution in [0.3, 0.4) is 0 Å². The van der Waals surface area contributed by atoms with E-state index in [2.05, 4.69) is 31.9 Å². The number of ether oxygens (including phenoxy) is 1. The number of rotatable bonds is 10. The number of hydrogen-bond donors (Lipinski definition) is 1. The Hall–Kier alpha value is -2.94. The minimum Gasteiger partial charge on any atom is -0.496 e. The van der Waals surface area contributed by atoms with Crippen LogP contribution in [-0.2, 0) is 17.8 Å². The normalized spacial score (nSPS) is 14.4. The summed E-state index contributed by atoms with van der Waals surface area (Å²) in [6.07, 6.45) is 4.67. The Morgan fingerprint density at radius 1 is 1.21 bits per heavy atom. The summed E-state index contributed by atoms with van der Waals surface area (Å²) >= 11 is 1.40. The molecule has 4 rings (SSSR count). The van der Waals surface area contributed by atoms with Crippen LogP contribution in [0.1, 0.15) is 31.1 Å². The van der Waals surface area contributed by atoms with Gasteiger partial charge in [-0.05, 0) is 48.9 Å². The molecule has 0 aliphatic carbocycles. The molecular weight excluding hydrogens is 438 g/mol. The first-order valence-electron chi connectivity index (χ1n) is 11.4. The Labute approximate surface area is 198 Å². The largest absolute Gasteiger partial charge is 0.496 e. The summed E-state index contributed by atoms with van der Waals surface area (Å²) in [6.45, 7) is 5.31. The number of carbonyl (C=O) groups is 1. The first-order valence-corrected chi connectivity index (χ1v) is 12.3. The van der Waals surface area contributed by atoms with Crippen LogP contribution in [0.5, 0.6) is 5.75 Å². The van der Waals surface area contributed by atoms with Crippen molar-refractivity contribution in [2.24, 2.45) is 5.92 Å². The predicted molar refractivity (Wildman–Crippen MR) is 129 cm³/mol. The Balaban J connectivity index is 1.36. The van der Waals surface area contributed by atoms with Crippen molar-refractivity contribution in [3.05, 3.63) is 54.0 Å². The van der Waals surface area contributed by atoms with Crippen molar-refractivity contribution in [1.82, 2.24) is 20.1 Å². The van der Waals surface area contributed by atoms with Crippen LogP contribution in [0.4, 0.5) is 5.95 Å². The van der Waals surface area contributed by atoms with Crippen LogP contribution in [0.2, 0.25) is 0 Å². The summed E-state index contributed by atoms with van der Waals surface area (Å²) in [6, 6.07) is 11.7. The number of amides is 1. The van der Waals surface area contributed by atoms with Crippen molar-refractivity contribution >= 4 is 23.6 Å². The second kappa shape index (κ2) is 11.3. The third kappa shape index (κ3) is 6.10. The summed E-state index contributed by atoms with van der Waals surface area (Å²) in [5, 5.41) is 12.6. The molecule has 9 heteroatoms. The van der Waals surface area contributed by atoms with Gasteiger partial charge in [0, 0.05) is 19.6 Å². The van der Waals surface area contributed by atoms with Gasteiger partial charge in [-0.2, -0.15) is 0 Å². The van der Waals surface area contributed by atoms with Crippen LogP contribution >= 0.6 is 11.8 Å². The van der Waals surface area contributed by atoms with Crippen molar-refractivity contribution in [3.63, 3.8) is 0 Å². The van der Waals surface area contributed by atoms with E-state index in [0.717, 1.165) is 60.0 Å². The van der Waals surface area contributed by atoms with E-state index < -0.39 is 0 Å². The maximum absolute atomic E-state index is 12.5. The van der Waals surface area contributed by atoms with E-state index in [1.165, 1.54) is 11.8 Å². The van der Waals surface area contributed by atoms with Crippen LogP contribution in [0.25, 0.3) is 0 Å². The summed E-state index contributed by atoms with van der Waals surface area (Å²) in [7, 11) is 1.66. The molecule has 0 spiro atoms. The number of hydrogen-bond acceptors (Lipinski definition) is 7. The van der Waals surface area contributed by atoms with Gasteiger partial charge in [-0.15, -0.1) is 10.2 Å². The molecule has 1 N–H and O–H groups in total. The number of anilines is 1. The lowest BCUT2D eigenvalue weighted by atomic mass is 10.00. The lowest BCUT2D eigenvalue weighted by molar-refractivity contribution is -0.118. The van der Waals surface area contributed by atoms with Gasteiger partial charge in [-0.25, -0.2) is 0 Å². The number of thioether (sulfide) groups is 1. The van der Waals surface area contributed by atoms with E-state index in [0.29, 0.717) is 19.5 Å². The molecule has 1 aromatic carbocycles. The molecule has 2 aromatic heterocycles. The van der Waals surface area contributed by atoms with E-state index in [4.69, 9.17) is 9.15 Å². The van der Waals surface area contributed by atoms with E-state index in [9.17, 15) is 4.79 Å². The van der Waals surface area contributed by atoms with Crippen LogP contribution in [0, 0.1) is 5.92 Å². The first kappa shape index (κ1) is 23.2. The quantitative estimate of drug-likeness (QED) is 0.454. The predicted octanol–water partition coefficient (Wildman–Crippen LogP) is 3.62. The Morgan fingerprint density at radius 2 is 2.03 bits per heavy atom. The van der Waals surface area contributed by atoms with Crippen molar-refractivity contribution < 1.29 is 13.9 Å². The fourth-order valence-corrected chi connectivity index (χ4v) is 4.72. The number of furan rings is 1. The summed E-state index contributed by atoms with van der Waals surface area (Å²) < 4.78 is 13.0. The van der Waals surface area contributed by atoms with Gasteiger partial charge < -0.3 is 19.4 Å².